The molecular formula is C10H17. The smallest absolute Gasteiger partial charge is 0.0313 e. The van der Waals surface area contributed by atoms with Crippen molar-refractivity contribution in [1.29, 1.82) is 0 Å². The van der Waals surface area contributed by atoms with Crippen molar-refractivity contribution in [2.75, 3.05) is 0 Å². The topological polar surface area (TPSA) is 0 Å². The Kier molecular flexibility index (Phi) is 8.04. The van der Waals surface area contributed by atoms with Crippen LogP contribution in [-0.4, -0.2) is 0 Å². The first kappa shape index (κ1) is 9.48. The molecule has 0 aliphatic carbocycles. The van der Waals surface area contributed by atoms with Gasteiger partial charge in [-0.25, -0.2) is 0 Å². The second-order valence-electron chi connectivity index (χ2n) is 2.35. The molecule has 0 bridgehead atoms. The summed E-state index contributed by atoms with van der Waals surface area (Å²) in [5.74, 6) is 0. The van der Waals surface area contributed by atoms with Gasteiger partial charge >= 0.3 is 0 Å². The molecule has 0 aromatic rings. The molecule has 57 valence electrons. The first-order valence-electron chi connectivity index (χ1n) is 4.02. The summed E-state index contributed by atoms with van der Waals surface area (Å²) >= 11 is 0. The van der Waals surface area contributed by atoms with Crippen LogP contribution in [0.4, 0.5) is 0 Å². The Morgan fingerprint density at radius 3 is 2.60 bits per heavy atom. The molecule has 0 fully saturated rings. The summed E-state index contributed by atoms with van der Waals surface area (Å²) in [5, 5.41) is 0. The normalized spacial score (nSPS) is 11.8. The molecule has 0 rings (SSSR count). The first-order chi connectivity index (χ1) is 4.91. The third kappa shape index (κ3) is 7.48. The zero-order valence-corrected chi connectivity index (χ0v) is 6.84. The molecule has 0 nitrogen and oxygen atoms in total. The summed E-state index contributed by atoms with van der Waals surface area (Å²) in [5.41, 5.74) is 0. The molecule has 0 aromatic heterocycles. The molecule has 0 aliphatic heterocycles. The zero-order valence-electron chi connectivity index (χ0n) is 6.84. The highest BCUT2D eigenvalue weighted by Gasteiger charge is 1.79. The lowest BCUT2D eigenvalue weighted by Gasteiger charge is -1.89. The van der Waals surface area contributed by atoms with E-state index in [1.807, 2.05) is 6.08 Å². The molecular weight excluding hydrogens is 120 g/mol. The van der Waals surface area contributed by atoms with E-state index < -0.39 is 0 Å². The van der Waals surface area contributed by atoms with Gasteiger partial charge in [-0.15, -0.1) is 0 Å². The molecule has 0 atom stereocenters. The van der Waals surface area contributed by atoms with E-state index in [2.05, 4.69) is 26.0 Å². The average molecular weight is 137 g/mol. The maximum atomic E-state index is 3.59. The van der Waals surface area contributed by atoms with Crippen LogP contribution >= 0.6 is 0 Å². The summed E-state index contributed by atoms with van der Waals surface area (Å²) in [7, 11) is 0. The Labute approximate surface area is 64.6 Å². The van der Waals surface area contributed by atoms with E-state index in [0.29, 0.717) is 0 Å². The molecule has 0 unspecified atom stereocenters. The van der Waals surface area contributed by atoms with Gasteiger partial charge in [0.15, 0.2) is 0 Å². The van der Waals surface area contributed by atoms with Crippen molar-refractivity contribution in [2.24, 2.45) is 0 Å². The first-order valence-corrected chi connectivity index (χ1v) is 4.02. The van der Waals surface area contributed by atoms with E-state index in [1.54, 1.807) is 6.08 Å². The van der Waals surface area contributed by atoms with Gasteiger partial charge in [0.05, 0.1) is 0 Å². The van der Waals surface area contributed by atoms with Gasteiger partial charge < -0.3 is 0 Å². The molecule has 0 aliphatic rings. The van der Waals surface area contributed by atoms with Crippen molar-refractivity contribution < 1.29 is 0 Å². The Morgan fingerprint density at radius 1 is 1.20 bits per heavy atom. The van der Waals surface area contributed by atoms with Crippen molar-refractivity contribution in [1.82, 2.24) is 0 Å². The maximum absolute atomic E-state index is 3.59. The van der Waals surface area contributed by atoms with Crippen LogP contribution < -0.4 is 0 Å². The fourth-order valence-electron chi connectivity index (χ4n) is 0.766. The number of unbranched alkanes of at least 4 members (excludes halogenated alkanes) is 3. The highest BCUT2D eigenvalue weighted by atomic mass is 13.9. The molecule has 0 amide bonds. The van der Waals surface area contributed by atoms with Gasteiger partial charge in [0, 0.05) is 0 Å². The SMILES string of the molecule is [CH2]/C=C/C=CCCCCC. The quantitative estimate of drug-likeness (QED) is 0.402. The Morgan fingerprint density at radius 2 is 2.00 bits per heavy atom. The third-order valence-electron chi connectivity index (χ3n) is 1.36. The minimum atomic E-state index is 1.21. The van der Waals surface area contributed by atoms with E-state index in [4.69, 9.17) is 0 Å². The van der Waals surface area contributed by atoms with Crippen LogP contribution in [-0.2, 0) is 0 Å². The minimum Gasteiger partial charge on any atom is -0.0845 e. The minimum absolute atomic E-state index is 1.21. The van der Waals surface area contributed by atoms with Crippen molar-refractivity contribution in [3.63, 3.8) is 0 Å². The number of hydrogen-bond acceptors (Lipinski definition) is 0. The number of rotatable bonds is 5. The molecule has 1 radical (unpaired) electrons. The van der Waals surface area contributed by atoms with Crippen LogP contribution in [0.5, 0.6) is 0 Å². The molecule has 0 heteroatoms. The van der Waals surface area contributed by atoms with Gasteiger partial charge in [0.25, 0.3) is 0 Å². The number of allylic oxidation sites excluding steroid dienone is 4. The Bertz CT molecular complexity index is 98.6. The highest BCUT2D eigenvalue weighted by Crippen LogP contribution is 1.99. The second kappa shape index (κ2) is 8.48. The van der Waals surface area contributed by atoms with E-state index >= 15 is 0 Å². The molecule has 0 spiro atoms. The molecule has 0 heterocycles. The van der Waals surface area contributed by atoms with Crippen LogP contribution in [0.2, 0.25) is 0 Å². The molecule has 10 heavy (non-hydrogen) atoms. The predicted molar refractivity (Wildman–Crippen MR) is 47.8 cm³/mol. The molecule has 0 saturated carbocycles. The Balaban J connectivity index is 3.02. The molecule has 0 saturated heterocycles. The maximum Gasteiger partial charge on any atom is -0.0313 e. The lowest BCUT2D eigenvalue weighted by Crippen LogP contribution is -1.69. The van der Waals surface area contributed by atoms with E-state index in [-0.39, 0.29) is 0 Å². The molecule has 0 N–H and O–H groups in total. The number of hydrogen-bond donors (Lipinski definition) is 0. The van der Waals surface area contributed by atoms with E-state index in [9.17, 15) is 0 Å². The summed E-state index contributed by atoms with van der Waals surface area (Å²) in [6.45, 7) is 5.81. The van der Waals surface area contributed by atoms with Crippen molar-refractivity contribution in [3.05, 3.63) is 31.2 Å². The standard InChI is InChI=1S/C10H17/c1-3-5-7-9-10-8-6-4-2/h3,5,7,9H,1,4,6,8,10H2,2H3/b5-3+,9-7?. The van der Waals surface area contributed by atoms with Crippen molar-refractivity contribution in [3.8, 4) is 0 Å². The largest absolute Gasteiger partial charge is 0.0845 e. The average Bonchev–Trinajstić information content (AvgIpc) is 1.97. The highest BCUT2D eigenvalue weighted by molar-refractivity contribution is 5.03. The fraction of sp³-hybridized carbons (Fsp3) is 0.500. The zero-order chi connectivity index (χ0) is 7.66. The molecule has 0 aromatic carbocycles. The van der Waals surface area contributed by atoms with Crippen LogP contribution in [0.15, 0.2) is 24.3 Å². The van der Waals surface area contributed by atoms with Gasteiger partial charge in [-0.3, -0.25) is 0 Å². The van der Waals surface area contributed by atoms with Gasteiger partial charge in [-0.1, -0.05) is 44.1 Å². The van der Waals surface area contributed by atoms with Gasteiger partial charge in [0.2, 0.25) is 0 Å². The van der Waals surface area contributed by atoms with Crippen LogP contribution in [0, 0.1) is 6.92 Å². The summed E-state index contributed by atoms with van der Waals surface area (Å²) in [4.78, 5) is 0. The van der Waals surface area contributed by atoms with Gasteiger partial charge in [0.1, 0.15) is 0 Å². The predicted octanol–water partition coefficient (Wildman–Crippen LogP) is 3.51. The monoisotopic (exact) mass is 137 g/mol. The van der Waals surface area contributed by atoms with Crippen molar-refractivity contribution in [2.45, 2.75) is 32.6 Å². The van der Waals surface area contributed by atoms with Gasteiger partial charge in [-0.2, -0.15) is 0 Å². The lowest BCUT2D eigenvalue weighted by molar-refractivity contribution is 0.729. The summed E-state index contributed by atoms with van der Waals surface area (Å²) in [6, 6.07) is 0. The van der Waals surface area contributed by atoms with Crippen molar-refractivity contribution >= 4 is 0 Å². The van der Waals surface area contributed by atoms with E-state index in [0.717, 1.165) is 0 Å². The Hall–Kier alpha value is -0.520. The van der Waals surface area contributed by atoms with E-state index in [1.165, 1.54) is 25.7 Å². The fourth-order valence-corrected chi connectivity index (χ4v) is 0.766. The van der Waals surface area contributed by atoms with Crippen LogP contribution in [0.1, 0.15) is 32.6 Å². The third-order valence-corrected chi connectivity index (χ3v) is 1.36. The summed E-state index contributed by atoms with van der Waals surface area (Å²) in [6.07, 6.45) is 13.2. The summed E-state index contributed by atoms with van der Waals surface area (Å²) < 4.78 is 0. The second-order valence-corrected chi connectivity index (χ2v) is 2.35. The van der Waals surface area contributed by atoms with Crippen LogP contribution in [0.3, 0.4) is 0 Å². The van der Waals surface area contributed by atoms with Crippen LogP contribution in [0.25, 0.3) is 0 Å². The lowest BCUT2D eigenvalue weighted by atomic mass is 10.2. The van der Waals surface area contributed by atoms with Gasteiger partial charge in [-0.05, 0) is 19.8 Å².